The van der Waals surface area contributed by atoms with E-state index in [-0.39, 0.29) is 23.4 Å². The Bertz CT molecular complexity index is 540. The van der Waals surface area contributed by atoms with Gasteiger partial charge in [-0.3, -0.25) is 9.59 Å². The van der Waals surface area contributed by atoms with Crippen LogP contribution in [0.4, 0.5) is 10.1 Å². The van der Waals surface area contributed by atoms with Crippen molar-refractivity contribution in [1.29, 1.82) is 0 Å². The van der Waals surface area contributed by atoms with Crippen LogP contribution in [0, 0.1) is 5.82 Å². The quantitative estimate of drug-likeness (QED) is 0.694. The van der Waals surface area contributed by atoms with Crippen LogP contribution in [-0.2, 0) is 9.59 Å². The average molecular weight is 331 g/mol. The summed E-state index contributed by atoms with van der Waals surface area (Å²) in [6.07, 6.45) is 0.865. The molecule has 0 saturated carbocycles. The molecule has 122 valence electrons. The maximum atomic E-state index is 13.0. The van der Waals surface area contributed by atoms with Crippen molar-refractivity contribution in [2.75, 3.05) is 25.5 Å². The number of rotatable bonds is 7. The van der Waals surface area contributed by atoms with Crippen molar-refractivity contribution in [2.45, 2.75) is 26.3 Å². The molecule has 0 aromatic heterocycles. The fourth-order valence-electron chi connectivity index (χ4n) is 1.79. The van der Waals surface area contributed by atoms with E-state index in [1.54, 1.807) is 14.0 Å². The zero-order chi connectivity index (χ0) is 16.7. The number of hydrogen-bond donors (Lipinski definition) is 3. The summed E-state index contributed by atoms with van der Waals surface area (Å²) in [5.74, 6) is -0.848. The maximum absolute atomic E-state index is 13.0. The van der Waals surface area contributed by atoms with Gasteiger partial charge in [-0.25, -0.2) is 4.39 Å². The Balaban J connectivity index is 2.58. The minimum absolute atomic E-state index is 0.0983. The molecule has 1 rings (SSSR count). The van der Waals surface area contributed by atoms with E-state index in [4.69, 9.17) is 11.6 Å². The summed E-state index contributed by atoms with van der Waals surface area (Å²) in [7, 11) is 1.77. The molecule has 1 aromatic rings. The first-order valence-corrected chi connectivity index (χ1v) is 7.57. The van der Waals surface area contributed by atoms with Crippen molar-refractivity contribution in [3.63, 3.8) is 0 Å². The minimum atomic E-state index is -0.466. The number of amides is 2. The smallest absolute Gasteiger partial charge is 0.282 e. The lowest BCUT2D eigenvalue weighted by Crippen LogP contribution is -3.15. The van der Waals surface area contributed by atoms with E-state index in [2.05, 4.69) is 10.6 Å². The highest BCUT2D eigenvalue weighted by molar-refractivity contribution is 6.33. The highest BCUT2D eigenvalue weighted by Crippen LogP contribution is 2.22. The van der Waals surface area contributed by atoms with Gasteiger partial charge in [0, 0.05) is 6.54 Å². The topological polar surface area (TPSA) is 62.6 Å². The van der Waals surface area contributed by atoms with Crippen LogP contribution in [0.25, 0.3) is 0 Å². The predicted octanol–water partition coefficient (Wildman–Crippen LogP) is 0.847. The molecule has 22 heavy (non-hydrogen) atoms. The number of anilines is 1. The van der Waals surface area contributed by atoms with Gasteiger partial charge in [-0.1, -0.05) is 18.5 Å². The van der Waals surface area contributed by atoms with Gasteiger partial charge >= 0.3 is 0 Å². The Hall–Kier alpha value is -1.66. The molecular formula is C15H22ClFN3O2+. The Kier molecular flexibility index (Phi) is 7.27. The van der Waals surface area contributed by atoms with Crippen LogP contribution in [0.2, 0.25) is 5.02 Å². The van der Waals surface area contributed by atoms with Crippen molar-refractivity contribution in [3.8, 4) is 0 Å². The Morgan fingerprint density at radius 2 is 2.09 bits per heavy atom. The van der Waals surface area contributed by atoms with Crippen molar-refractivity contribution < 1.29 is 18.9 Å². The van der Waals surface area contributed by atoms with Crippen LogP contribution < -0.4 is 15.5 Å². The van der Waals surface area contributed by atoms with Crippen LogP contribution in [0.5, 0.6) is 0 Å². The van der Waals surface area contributed by atoms with Gasteiger partial charge in [-0.2, -0.15) is 0 Å². The fraction of sp³-hybridized carbons (Fsp3) is 0.467. The van der Waals surface area contributed by atoms with Gasteiger partial charge in [0.15, 0.2) is 12.6 Å². The summed E-state index contributed by atoms with van der Waals surface area (Å²) in [4.78, 5) is 24.6. The van der Waals surface area contributed by atoms with Crippen LogP contribution >= 0.6 is 11.6 Å². The molecule has 2 atom stereocenters. The molecule has 3 N–H and O–H groups in total. The third kappa shape index (κ3) is 5.61. The van der Waals surface area contributed by atoms with Gasteiger partial charge in [-0.05, 0) is 31.5 Å². The zero-order valence-corrected chi connectivity index (χ0v) is 13.8. The number of carbonyl (C=O) groups excluding carboxylic acids is 2. The predicted molar refractivity (Wildman–Crippen MR) is 84.6 cm³/mol. The molecule has 0 fully saturated rings. The molecule has 0 spiro atoms. The molecule has 0 aliphatic rings. The van der Waals surface area contributed by atoms with Gasteiger partial charge in [0.2, 0.25) is 0 Å². The average Bonchev–Trinajstić information content (AvgIpc) is 2.46. The standard InChI is InChI=1S/C15H21ClFN3O2/c1-4-7-18-14(21)9-20(3)10(2)15(22)19-13-6-5-11(17)8-12(13)16/h5-6,8,10H,4,7,9H2,1-3H3,(H,18,21)(H,19,22)/p+1/t10-/m0/s1. The Morgan fingerprint density at radius 3 is 2.68 bits per heavy atom. The van der Waals surface area contributed by atoms with Crippen molar-refractivity contribution >= 4 is 29.1 Å². The van der Waals surface area contributed by atoms with Crippen molar-refractivity contribution in [3.05, 3.63) is 29.0 Å². The molecule has 0 heterocycles. The number of halogens is 2. The summed E-state index contributed by atoms with van der Waals surface area (Å²) >= 11 is 5.87. The van der Waals surface area contributed by atoms with Crippen LogP contribution in [-0.4, -0.2) is 38.0 Å². The van der Waals surface area contributed by atoms with Crippen LogP contribution in [0.3, 0.4) is 0 Å². The molecule has 0 radical (unpaired) electrons. The second-order valence-corrected chi connectivity index (χ2v) is 5.62. The first-order chi connectivity index (χ1) is 10.3. The molecule has 5 nitrogen and oxygen atoms in total. The molecule has 1 aromatic carbocycles. The monoisotopic (exact) mass is 330 g/mol. The minimum Gasteiger partial charge on any atom is -0.351 e. The van der Waals surface area contributed by atoms with E-state index in [1.165, 1.54) is 12.1 Å². The number of nitrogens with one attached hydrogen (secondary N) is 3. The third-order valence-corrected chi connectivity index (χ3v) is 3.65. The zero-order valence-electron chi connectivity index (χ0n) is 13.0. The van der Waals surface area contributed by atoms with E-state index >= 15 is 0 Å². The highest BCUT2D eigenvalue weighted by Gasteiger charge is 2.24. The van der Waals surface area contributed by atoms with E-state index in [1.807, 2.05) is 6.92 Å². The van der Waals surface area contributed by atoms with E-state index in [0.717, 1.165) is 17.4 Å². The second kappa shape index (κ2) is 8.70. The van der Waals surface area contributed by atoms with E-state index < -0.39 is 11.9 Å². The Labute approximate surface area is 134 Å². The number of benzene rings is 1. The SMILES string of the molecule is CCCNC(=O)C[NH+](C)[C@@H](C)C(=O)Nc1ccc(F)cc1Cl. The molecule has 7 heteroatoms. The summed E-state index contributed by atoms with van der Waals surface area (Å²) in [5.41, 5.74) is 0.350. The largest absolute Gasteiger partial charge is 0.351 e. The first kappa shape index (κ1) is 18.4. The first-order valence-electron chi connectivity index (χ1n) is 7.20. The van der Waals surface area contributed by atoms with Crippen LogP contribution in [0.15, 0.2) is 18.2 Å². The molecule has 1 unspecified atom stereocenters. The van der Waals surface area contributed by atoms with Gasteiger partial charge in [0.1, 0.15) is 5.82 Å². The lowest BCUT2D eigenvalue weighted by molar-refractivity contribution is -0.885. The number of quaternary nitrogens is 1. The molecule has 0 saturated heterocycles. The second-order valence-electron chi connectivity index (χ2n) is 5.21. The van der Waals surface area contributed by atoms with Crippen molar-refractivity contribution in [1.82, 2.24) is 5.32 Å². The number of hydrogen-bond acceptors (Lipinski definition) is 2. The highest BCUT2D eigenvalue weighted by atomic mass is 35.5. The molecule has 2 amide bonds. The van der Waals surface area contributed by atoms with Gasteiger partial charge in [-0.15, -0.1) is 0 Å². The Morgan fingerprint density at radius 1 is 1.41 bits per heavy atom. The lowest BCUT2D eigenvalue weighted by atomic mass is 10.2. The number of likely N-dealkylation sites (N-methyl/N-ethyl adjacent to an activating group) is 1. The number of carbonyl (C=O) groups is 2. The summed E-state index contributed by atoms with van der Waals surface area (Å²) in [6, 6.07) is 3.32. The van der Waals surface area contributed by atoms with E-state index in [9.17, 15) is 14.0 Å². The molecule has 0 bridgehead atoms. The third-order valence-electron chi connectivity index (χ3n) is 3.33. The van der Waals surface area contributed by atoms with E-state index in [0.29, 0.717) is 12.2 Å². The lowest BCUT2D eigenvalue weighted by Gasteiger charge is -2.20. The maximum Gasteiger partial charge on any atom is 0.282 e. The molecular weight excluding hydrogens is 309 g/mol. The summed E-state index contributed by atoms with van der Waals surface area (Å²) in [6.45, 7) is 4.51. The van der Waals surface area contributed by atoms with Crippen LogP contribution in [0.1, 0.15) is 20.3 Å². The fourth-order valence-corrected chi connectivity index (χ4v) is 2.00. The van der Waals surface area contributed by atoms with Gasteiger partial charge in [0.25, 0.3) is 11.8 Å². The normalized spacial score (nSPS) is 13.3. The van der Waals surface area contributed by atoms with Gasteiger partial charge < -0.3 is 15.5 Å². The summed E-state index contributed by atoms with van der Waals surface area (Å²) < 4.78 is 13.0. The summed E-state index contributed by atoms with van der Waals surface area (Å²) in [5, 5.41) is 5.55. The molecule has 0 aliphatic carbocycles. The van der Waals surface area contributed by atoms with Crippen molar-refractivity contribution in [2.24, 2.45) is 0 Å². The molecule has 0 aliphatic heterocycles. The van der Waals surface area contributed by atoms with Gasteiger partial charge in [0.05, 0.1) is 17.8 Å².